The summed E-state index contributed by atoms with van der Waals surface area (Å²) in [6, 6.07) is 7.36. The van der Waals surface area contributed by atoms with Crippen molar-refractivity contribution in [2.75, 3.05) is 13.1 Å². The third kappa shape index (κ3) is 7.72. The van der Waals surface area contributed by atoms with E-state index in [2.05, 4.69) is 6.92 Å². The van der Waals surface area contributed by atoms with Crippen molar-refractivity contribution in [3.8, 4) is 6.07 Å². The number of rotatable bonds is 11. The van der Waals surface area contributed by atoms with Crippen LogP contribution in [-0.2, 0) is 22.2 Å². The van der Waals surface area contributed by atoms with Gasteiger partial charge in [0.05, 0.1) is 11.8 Å². The number of sulfonamides is 1. The predicted molar refractivity (Wildman–Crippen MR) is 105 cm³/mol. The van der Waals surface area contributed by atoms with Gasteiger partial charge in [0.2, 0.25) is 10.0 Å². The molecule has 25 heavy (non-hydrogen) atoms. The first-order valence-corrected chi connectivity index (χ1v) is 11.1. The maximum absolute atomic E-state index is 12.7. The van der Waals surface area contributed by atoms with Crippen LogP contribution in [0.1, 0.15) is 43.7 Å². The van der Waals surface area contributed by atoms with Gasteiger partial charge in [-0.15, -0.1) is 23.2 Å². The number of nitrogens with zero attached hydrogens (tertiary/aromatic N) is 2. The van der Waals surface area contributed by atoms with E-state index < -0.39 is 14.9 Å². The summed E-state index contributed by atoms with van der Waals surface area (Å²) < 4.78 is 26.6. The first-order valence-electron chi connectivity index (χ1n) is 8.21. The van der Waals surface area contributed by atoms with Gasteiger partial charge in [0.25, 0.3) is 0 Å². The third-order valence-electron chi connectivity index (χ3n) is 3.77. The number of alkyl halides is 2. The molecule has 0 amide bonds. The van der Waals surface area contributed by atoms with Crippen LogP contribution >= 0.6 is 34.8 Å². The highest BCUT2D eigenvalue weighted by molar-refractivity contribution is 7.88. The Balaban J connectivity index is 2.91. The van der Waals surface area contributed by atoms with E-state index in [1.807, 2.05) is 18.2 Å². The lowest BCUT2D eigenvalue weighted by Crippen LogP contribution is -2.33. The molecule has 8 heteroatoms. The van der Waals surface area contributed by atoms with Gasteiger partial charge in [-0.2, -0.15) is 9.57 Å². The number of hydrogen-bond donors (Lipinski definition) is 0. The van der Waals surface area contributed by atoms with E-state index in [9.17, 15) is 8.42 Å². The smallest absolute Gasteiger partial charge is 0.212 e. The Bertz CT molecular complexity index is 688. The average molecular weight is 426 g/mol. The van der Waals surface area contributed by atoms with Crippen molar-refractivity contribution in [2.45, 2.75) is 49.6 Å². The fourth-order valence-electron chi connectivity index (χ4n) is 2.41. The zero-order chi connectivity index (χ0) is 18.9. The SMILES string of the molecule is CCCCc1cccc(CS(=O)(=O)N(CC#N)CCCC(Cl)Cl)c1Cl. The largest absolute Gasteiger partial charge is 0.219 e. The van der Waals surface area contributed by atoms with Gasteiger partial charge in [-0.1, -0.05) is 43.1 Å². The molecule has 140 valence electrons. The molecule has 0 N–H and O–H groups in total. The topological polar surface area (TPSA) is 61.2 Å². The molecule has 0 aliphatic carbocycles. The van der Waals surface area contributed by atoms with Crippen LogP contribution in [0.5, 0.6) is 0 Å². The molecular formula is C17H23Cl3N2O2S. The molecule has 4 nitrogen and oxygen atoms in total. The maximum Gasteiger partial charge on any atom is 0.219 e. The lowest BCUT2D eigenvalue weighted by atomic mass is 10.1. The van der Waals surface area contributed by atoms with Gasteiger partial charge in [0.15, 0.2) is 0 Å². The molecule has 0 heterocycles. The Kier molecular flexibility index (Phi) is 10.1. The van der Waals surface area contributed by atoms with Crippen molar-refractivity contribution in [1.29, 1.82) is 5.26 Å². The molecule has 0 saturated heterocycles. The fourth-order valence-corrected chi connectivity index (χ4v) is 4.56. The zero-order valence-corrected chi connectivity index (χ0v) is 17.3. The Morgan fingerprint density at radius 2 is 1.92 bits per heavy atom. The highest BCUT2D eigenvalue weighted by Gasteiger charge is 2.24. The molecule has 0 spiro atoms. The summed E-state index contributed by atoms with van der Waals surface area (Å²) in [5.74, 6) is -0.224. The van der Waals surface area contributed by atoms with E-state index in [0.717, 1.165) is 29.1 Å². The normalized spacial score (nSPS) is 11.9. The quantitative estimate of drug-likeness (QED) is 0.373. The second kappa shape index (κ2) is 11.3. The number of halogens is 3. The maximum atomic E-state index is 12.7. The molecule has 0 bridgehead atoms. The van der Waals surface area contributed by atoms with E-state index in [-0.39, 0.29) is 18.8 Å². The van der Waals surface area contributed by atoms with Crippen molar-refractivity contribution in [1.82, 2.24) is 4.31 Å². The van der Waals surface area contributed by atoms with Gasteiger partial charge in [-0.05, 0) is 36.8 Å². The number of hydrogen-bond acceptors (Lipinski definition) is 3. The van der Waals surface area contributed by atoms with E-state index >= 15 is 0 Å². The first-order chi connectivity index (χ1) is 11.8. The number of unbranched alkanes of at least 4 members (excludes halogenated alkanes) is 1. The summed E-state index contributed by atoms with van der Waals surface area (Å²) in [5.41, 5.74) is 1.51. The van der Waals surface area contributed by atoms with Gasteiger partial charge in [-0.25, -0.2) is 8.42 Å². The monoisotopic (exact) mass is 424 g/mol. The molecule has 0 saturated carbocycles. The van der Waals surface area contributed by atoms with Crippen LogP contribution in [0, 0.1) is 11.3 Å². The van der Waals surface area contributed by atoms with Gasteiger partial charge < -0.3 is 0 Å². The van der Waals surface area contributed by atoms with Crippen molar-refractivity contribution < 1.29 is 8.42 Å². The van der Waals surface area contributed by atoms with Gasteiger partial charge in [0, 0.05) is 11.6 Å². The highest BCUT2D eigenvalue weighted by Crippen LogP contribution is 2.25. The van der Waals surface area contributed by atoms with Crippen LogP contribution in [0.25, 0.3) is 0 Å². The molecule has 0 aliphatic heterocycles. The molecule has 1 aromatic rings. The summed E-state index contributed by atoms with van der Waals surface area (Å²) >= 11 is 17.7. The van der Waals surface area contributed by atoms with Crippen molar-refractivity contribution in [3.63, 3.8) is 0 Å². The van der Waals surface area contributed by atoms with Crippen molar-refractivity contribution in [2.24, 2.45) is 0 Å². The minimum absolute atomic E-state index is 0.204. The zero-order valence-electron chi connectivity index (χ0n) is 14.2. The van der Waals surface area contributed by atoms with Crippen LogP contribution in [0.4, 0.5) is 0 Å². The predicted octanol–water partition coefficient (Wildman–Crippen LogP) is 4.92. The van der Waals surface area contributed by atoms with Crippen LogP contribution < -0.4 is 0 Å². The molecule has 1 aromatic carbocycles. The molecular weight excluding hydrogens is 403 g/mol. The van der Waals surface area contributed by atoms with Crippen LogP contribution in [-0.4, -0.2) is 30.6 Å². The Hall–Kier alpha value is -0.510. The van der Waals surface area contributed by atoms with Crippen LogP contribution in [0.2, 0.25) is 5.02 Å². The molecule has 0 radical (unpaired) electrons. The lowest BCUT2D eigenvalue weighted by Gasteiger charge is -2.20. The molecule has 1 rings (SSSR count). The molecule has 0 atom stereocenters. The standard InChI is InChI=1S/C17H23Cl3N2O2S/c1-2-3-6-14-7-4-8-15(17(14)20)13-25(23,24)22(12-10-21)11-5-9-16(18)19/h4,7-8,16H,2-3,5-6,9,11-13H2,1H3. The minimum Gasteiger partial charge on any atom is -0.212 e. The molecule has 0 unspecified atom stereocenters. The van der Waals surface area contributed by atoms with Crippen molar-refractivity contribution >= 4 is 44.8 Å². The first kappa shape index (κ1) is 22.5. The summed E-state index contributed by atoms with van der Waals surface area (Å²) in [6.45, 7) is 2.10. The Labute approximate surface area is 165 Å². The highest BCUT2D eigenvalue weighted by atomic mass is 35.5. The molecule has 0 aromatic heterocycles. The second-order valence-electron chi connectivity index (χ2n) is 5.78. The summed E-state index contributed by atoms with van der Waals surface area (Å²) in [5, 5.41) is 9.43. The molecule has 0 fully saturated rings. The van der Waals surface area contributed by atoms with E-state index in [1.165, 1.54) is 0 Å². The number of aryl methyl sites for hydroxylation is 1. The fraction of sp³-hybridized carbons (Fsp3) is 0.588. The van der Waals surface area contributed by atoms with Crippen LogP contribution in [0.15, 0.2) is 18.2 Å². The van der Waals surface area contributed by atoms with E-state index in [4.69, 9.17) is 40.1 Å². The van der Waals surface area contributed by atoms with Crippen LogP contribution in [0.3, 0.4) is 0 Å². The minimum atomic E-state index is -3.66. The van der Waals surface area contributed by atoms with Gasteiger partial charge in [-0.3, -0.25) is 0 Å². The summed E-state index contributed by atoms with van der Waals surface area (Å²) in [7, 11) is -3.66. The average Bonchev–Trinajstić information content (AvgIpc) is 2.54. The summed E-state index contributed by atoms with van der Waals surface area (Å²) in [4.78, 5) is -0.545. The summed E-state index contributed by atoms with van der Waals surface area (Å²) in [6.07, 6.45) is 3.81. The number of benzene rings is 1. The Morgan fingerprint density at radius 1 is 1.24 bits per heavy atom. The third-order valence-corrected chi connectivity index (χ3v) is 6.46. The van der Waals surface area contributed by atoms with Crippen molar-refractivity contribution in [3.05, 3.63) is 34.3 Å². The second-order valence-corrected chi connectivity index (χ2v) is 9.40. The van der Waals surface area contributed by atoms with E-state index in [0.29, 0.717) is 23.4 Å². The Morgan fingerprint density at radius 3 is 2.52 bits per heavy atom. The lowest BCUT2D eigenvalue weighted by molar-refractivity contribution is 0.434. The van der Waals surface area contributed by atoms with Gasteiger partial charge in [0.1, 0.15) is 11.4 Å². The van der Waals surface area contributed by atoms with E-state index in [1.54, 1.807) is 6.07 Å². The van der Waals surface area contributed by atoms with Gasteiger partial charge >= 0.3 is 0 Å². The number of nitriles is 1. The molecule has 0 aliphatic rings.